The predicted octanol–water partition coefficient (Wildman–Crippen LogP) is 5.47. The molecular weight excluding hydrogens is 402 g/mol. The van der Waals surface area contributed by atoms with Crippen molar-refractivity contribution in [3.05, 3.63) is 53.1 Å². The summed E-state index contributed by atoms with van der Waals surface area (Å²) in [5, 5.41) is 5.01. The first-order valence-corrected chi connectivity index (χ1v) is 11.7. The van der Waals surface area contributed by atoms with E-state index in [1.165, 1.54) is 11.3 Å². The second kappa shape index (κ2) is 11.2. The highest BCUT2D eigenvalue weighted by atomic mass is 16.5. The Kier molecular flexibility index (Phi) is 8.39. The van der Waals surface area contributed by atoms with Gasteiger partial charge in [-0.1, -0.05) is 6.92 Å². The number of carbonyl (C=O) groups is 1. The van der Waals surface area contributed by atoms with Crippen molar-refractivity contribution in [2.45, 2.75) is 79.4 Å². The van der Waals surface area contributed by atoms with Crippen LogP contribution in [-0.2, 0) is 33.7 Å². The van der Waals surface area contributed by atoms with Crippen LogP contribution in [0.5, 0.6) is 0 Å². The standard InChI is InChI=1S/C26H35N3O3/c1-6-21-12-13-24-26(20-14-19(5)15-27-16-20)22(10-8-9-11-25(30)31-7-2)23(28-29(21)24)17-32-18(3)4/h12-16,18H,6-11,17H2,1-5H3. The van der Waals surface area contributed by atoms with Crippen LogP contribution >= 0.6 is 0 Å². The van der Waals surface area contributed by atoms with Gasteiger partial charge < -0.3 is 9.47 Å². The van der Waals surface area contributed by atoms with Crippen LogP contribution in [0.25, 0.3) is 16.6 Å². The molecular formula is C26H35N3O3. The van der Waals surface area contributed by atoms with Gasteiger partial charge in [-0.05, 0) is 82.7 Å². The molecule has 32 heavy (non-hydrogen) atoms. The van der Waals surface area contributed by atoms with E-state index in [9.17, 15) is 4.79 Å². The Morgan fingerprint density at radius 3 is 2.66 bits per heavy atom. The highest BCUT2D eigenvalue weighted by molar-refractivity contribution is 5.83. The van der Waals surface area contributed by atoms with Gasteiger partial charge in [0.2, 0.25) is 0 Å². The first kappa shape index (κ1) is 23.9. The molecule has 3 aromatic rings. The van der Waals surface area contributed by atoms with Gasteiger partial charge in [-0.25, -0.2) is 4.52 Å². The number of hydrogen-bond acceptors (Lipinski definition) is 5. The SMILES string of the molecule is CCOC(=O)CCCCc1c(COC(C)C)nn2c(CC)ccc2c1-c1cncc(C)c1. The van der Waals surface area contributed by atoms with Crippen molar-refractivity contribution in [3.8, 4) is 11.1 Å². The van der Waals surface area contributed by atoms with Crippen molar-refractivity contribution in [1.82, 2.24) is 14.6 Å². The first-order valence-electron chi connectivity index (χ1n) is 11.7. The molecule has 3 aromatic heterocycles. The number of carbonyl (C=O) groups excluding carboxylic acids is 1. The second-order valence-corrected chi connectivity index (χ2v) is 8.40. The van der Waals surface area contributed by atoms with E-state index in [1.807, 2.05) is 33.2 Å². The molecule has 0 atom stereocenters. The van der Waals surface area contributed by atoms with Crippen LogP contribution in [0.1, 0.15) is 69.5 Å². The lowest BCUT2D eigenvalue weighted by atomic mass is 9.94. The Morgan fingerprint density at radius 1 is 1.16 bits per heavy atom. The molecule has 0 N–H and O–H groups in total. The lowest BCUT2D eigenvalue weighted by Gasteiger charge is -2.18. The molecule has 0 aliphatic carbocycles. The summed E-state index contributed by atoms with van der Waals surface area (Å²) >= 11 is 0. The van der Waals surface area contributed by atoms with E-state index in [4.69, 9.17) is 14.6 Å². The quantitative estimate of drug-likeness (QED) is 0.294. The molecule has 0 saturated carbocycles. The zero-order valence-corrected chi connectivity index (χ0v) is 20.0. The van der Waals surface area contributed by atoms with E-state index in [0.29, 0.717) is 19.6 Å². The van der Waals surface area contributed by atoms with Crippen molar-refractivity contribution in [3.63, 3.8) is 0 Å². The molecule has 0 saturated heterocycles. The average Bonchev–Trinajstić information content (AvgIpc) is 3.17. The number of unbranched alkanes of at least 4 members (excludes halogenated alkanes) is 1. The number of aryl methyl sites for hydroxylation is 2. The van der Waals surface area contributed by atoms with Crippen LogP contribution in [0.4, 0.5) is 0 Å². The first-order chi connectivity index (χ1) is 15.4. The number of esters is 1. The van der Waals surface area contributed by atoms with Gasteiger partial charge in [-0.15, -0.1) is 0 Å². The van der Waals surface area contributed by atoms with Gasteiger partial charge in [0, 0.05) is 35.6 Å². The summed E-state index contributed by atoms with van der Waals surface area (Å²) in [6.45, 7) is 11.0. The van der Waals surface area contributed by atoms with E-state index in [1.54, 1.807) is 0 Å². The largest absolute Gasteiger partial charge is 0.466 e. The molecule has 0 radical (unpaired) electrons. The maximum absolute atomic E-state index is 11.8. The minimum Gasteiger partial charge on any atom is -0.466 e. The number of aromatic nitrogens is 3. The lowest BCUT2D eigenvalue weighted by Crippen LogP contribution is -2.12. The molecule has 3 heterocycles. The summed E-state index contributed by atoms with van der Waals surface area (Å²) < 4.78 is 13.1. The van der Waals surface area contributed by atoms with Crippen LogP contribution in [0.2, 0.25) is 0 Å². The number of hydrogen-bond donors (Lipinski definition) is 0. The number of pyridine rings is 1. The van der Waals surface area contributed by atoms with Gasteiger partial charge in [0.05, 0.1) is 30.5 Å². The fourth-order valence-corrected chi connectivity index (χ4v) is 3.97. The van der Waals surface area contributed by atoms with Crippen LogP contribution in [0, 0.1) is 6.92 Å². The zero-order valence-electron chi connectivity index (χ0n) is 20.0. The predicted molar refractivity (Wildman–Crippen MR) is 127 cm³/mol. The Hall–Kier alpha value is -2.73. The fraction of sp³-hybridized carbons (Fsp3) is 0.500. The molecule has 0 bridgehead atoms. The maximum atomic E-state index is 11.8. The van der Waals surface area contributed by atoms with Crippen molar-refractivity contribution in [1.29, 1.82) is 0 Å². The summed E-state index contributed by atoms with van der Waals surface area (Å²) in [5.74, 6) is -0.133. The minimum absolute atomic E-state index is 0.114. The van der Waals surface area contributed by atoms with Gasteiger partial charge >= 0.3 is 5.97 Å². The zero-order chi connectivity index (χ0) is 23.1. The molecule has 0 fully saturated rings. The summed E-state index contributed by atoms with van der Waals surface area (Å²) in [5.41, 5.74) is 7.75. The normalized spacial score (nSPS) is 11.4. The van der Waals surface area contributed by atoms with Crippen molar-refractivity contribution < 1.29 is 14.3 Å². The highest BCUT2D eigenvalue weighted by Crippen LogP contribution is 2.33. The second-order valence-electron chi connectivity index (χ2n) is 8.40. The van der Waals surface area contributed by atoms with E-state index >= 15 is 0 Å². The van der Waals surface area contributed by atoms with Crippen molar-refractivity contribution >= 4 is 11.5 Å². The van der Waals surface area contributed by atoms with Crippen LogP contribution in [-0.4, -0.2) is 33.3 Å². The third-order valence-electron chi connectivity index (χ3n) is 5.50. The molecule has 0 spiro atoms. The number of nitrogens with zero attached hydrogens (tertiary/aromatic N) is 3. The molecule has 0 aromatic carbocycles. The lowest BCUT2D eigenvalue weighted by molar-refractivity contribution is -0.143. The van der Waals surface area contributed by atoms with Crippen LogP contribution in [0.3, 0.4) is 0 Å². The summed E-state index contributed by atoms with van der Waals surface area (Å²) in [6.07, 6.45) is 7.72. The summed E-state index contributed by atoms with van der Waals surface area (Å²) in [6, 6.07) is 6.47. The van der Waals surface area contributed by atoms with Gasteiger partial charge in [-0.2, -0.15) is 5.10 Å². The van der Waals surface area contributed by atoms with Crippen LogP contribution in [0.15, 0.2) is 30.6 Å². The molecule has 0 amide bonds. The molecule has 6 nitrogen and oxygen atoms in total. The summed E-state index contributed by atoms with van der Waals surface area (Å²) in [7, 11) is 0. The Bertz CT molecular complexity index is 1060. The molecule has 0 aliphatic heterocycles. The van der Waals surface area contributed by atoms with Gasteiger partial charge in [0.15, 0.2) is 0 Å². The smallest absolute Gasteiger partial charge is 0.305 e. The minimum atomic E-state index is -0.133. The van der Waals surface area contributed by atoms with Gasteiger partial charge in [0.1, 0.15) is 0 Å². The van der Waals surface area contributed by atoms with Gasteiger partial charge in [0.25, 0.3) is 0 Å². The highest BCUT2D eigenvalue weighted by Gasteiger charge is 2.19. The monoisotopic (exact) mass is 437 g/mol. The van der Waals surface area contributed by atoms with E-state index in [0.717, 1.165) is 53.6 Å². The molecule has 172 valence electrons. The molecule has 0 unspecified atom stereocenters. The van der Waals surface area contributed by atoms with Crippen LogP contribution < -0.4 is 0 Å². The van der Waals surface area contributed by atoms with E-state index in [2.05, 4.69) is 41.5 Å². The average molecular weight is 438 g/mol. The number of ether oxygens (including phenoxy) is 2. The summed E-state index contributed by atoms with van der Waals surface area (Å²) in [4.78, 5) is 16.2. The molecule has 6 heteroatoms. The Labute approximate surface area is 191 Å². The Balaban J connectivity index is 2.06. The number of fused-ring (bicyclic) bond motifs is 1. The number of rotatable bonds is 11. The van der Waals surface area contributed by atoms with E-state index < -0.39 is 0 Å². The third kappa shape index (κ3) is 5.74. The van der Waals surface area contributed by atoms with Crippen molar-refractivity contribution in [2.75, 3.05) is 6.61 Å². The van der Waals surface area contributed by atoms with E-state index in [-0.39, 0.29) is 12.1 Å². The van der Waals surface area contributed by atoms with Gasteiger partial charge in [-0.3, -0.25) is 9.78 Å². The van der Waals surface area contributed by atoms with Crippen molar-refractivity contribution in [2.24, 2.45) is 0 Å². The maximum Gasteiger partial charge on any atom is 0.305 e. The fourth-order valence-electron chi connectivity index (χ4n) is 3.97. The topological polar surface area (TPSA) is 65.7 Å². The molecule has 0 aliphatic rings. The molecule has 3 rings (SSSR count). The Morgan fingerprint density at radius 2 is 1.97 bits per heavy atom. The third-order valence-corrected chi connectivity index (χ3v) is 5.50.